The van der Waals surface area contributed by atoms with Crippen LogP contribution in [0.2, 0.25) is 5.02 Å². The van der Waals surface area contributed by atoms with Crippen molar-refractivity contribution < 1.29 is 35.9 Å². The lowest BCUT2D eigenvalue weighted by Crippen LogP contribution is -2.38. The smallest absolute Gasteiger partial charge is 0.416 e. The first-order valence-corrected chi connectivity index (χ1v) is 11.8. The monoisotopic (exact) mass is 528 g/mol. The first-order valence-electron chi connectivity index (χ1n) is 9.93. The lowest BCUT2D eigenvalue weighted by atomic mass is 10.2. The Balaban J connectivity index is 2.04. The van der Waals surface area contributed by atoms with E-state index in [1.165, 1.54) is 56.7 Å². The molecule has 0 unspecified atom stereocenters. The van der Waals surface area contributed by atoms with Crippen molar-refractivity contribution in [1.29, 1.82) is 0 Å². The Labute approximate surface area is 205 Å². The molecule has 0 heterocycles. The van der Waals surface area contributed by atoms with Crippen molar-refractivity contribution in [3.8, 4) is 11.5 Å². The third-order valence-electron chi connectivity index (χ3n) is 4.84. The zero-order valence-electron chi connectivity index (χ0n) is 18.5. The van der Waals surface area contributed by atoms with Crippen LogP contribution < -0.4 is 19.1 Å². The lowest BCUT2D eigenvalue weighted by molar-refractivity contribution is -0.137. The van der Waals surface area contributed by atoms with E-state index in [4.69, 9.17) is 21.1 Å². The second-order valence-electron chi connectivity index (χ2n) is 7.10. The number of nitrogens with one attached hydrogen (secondary N) is 1. The van der Waals surface area contributed by atoms with Gasteiger partial charge in [0.1, 0.15) is 18.0 Å². The maximum absolute atomic E-state index is 13.5. The first kappa shape index (κ1) is 26.2. The summed E-state index contributed by atoms with van der Waals surface area (Å²) in [5.41, 5.74) is -1.36. The van der Waals surface area contributed by atoms with E-state index in [1.54, 1.807) is 6.07 Å². The van der Waals surface area contributed by atoms with Crippen molar-refractivity contribution in [3.63, 3.8) is 0 Å². The number of benzene rings is 3. The summed E-state index contributed by atoms with van der Waals surface area (Å²) in [6.07, 6.45) is -4.67. The Morgan fingerprint density at radius 2 is 1.69 bits per heavy atom. The molecule has 1 N–H and O–H groups in total. The Morgan fingerprint density at radius 1 is 1.00 bits per heavy atom. The van der Waals surface area contributed by atoms with Gasteiger partial charge in [0.25, 0.3) is 10.0 Å². The normalized spacial score (nSPS) is 11.6. The number of hydrogen-bond donors (Lipinski definition) is 1. The molecule has 0 aliphatic heterocycles. The molecule has 3 aromatic carbocycles. The Hall–Kier alpha value is -3.44. The van der Waals surface area contributed by atoms with Crippen molar-refractivity contribution in [2.75, 3.05) is 30.4 Å². The van der Waals surface area contributed by atoms with E-state index in [0.717, 1.165) is 16.4 Å². The second kappa shape index (κ2) is 10.4. The average molecular weight is 529 g/mol. The minimum Gasteiger partial charge on any atom is -0.497 e. The topological polar surface area (TPSA) is 84.9 Å². The summed E-state index contributed by atoms with van der Waals surface area (Å²) >= 11 is 5.97. The molecule has 12 heteroatoms. The maximum Gasteiger partial charge on any atom is 0.416 e. The van der Waals surface area contributed by atoms with Crippen molar-refractivity contribution in [1.82, 2.24) is 0 Å². The molecule has 0 radical (unpaired) electrons. The summed E-state index contributed by atoms with van der Waals surface area (Å²) in [4.78, 5) is 12.8. The van der Waals surface area contributed by atoms with Crippen LogP contribution in [-0.4, -0.2) is 35.1 Å². The number of amides is 1. The number of halogens is 4. The third-order valence-corrected chi connectivity index (χ3v) is 6.94. The zero-order valence-corrected chi connectivity index (χ0v) is 20.0. The highest BCUT2D eigenvalue weighted by atomic mass is 35.5. The van der Waals surface area contributed by atoms with E-state index in [9.17, 15) is 26.4 Å². The maximum atomic E-state index is 13.5. The average Bonchev–Trinajstić information content (AvgIpc) is 2.83. The van der Waals surface area contributed by atoms with Crippen LogP contribution in [-0.2, 0) is 21.0 Å². The first-order chi connectivity index (χ1) is 16.5. The van der Waals surface area contributed by atoms with Crippen molar-refractivity contribution in [3.05, 3.63) is 77.3 Å². The van der Waals surface area contributed by atoms with Crippen LogP contribution in [0.5, 0.6) is 11.5 Å². The summed E-state index contributed by atoms with van der Waals surface area (Å²) < 4.78 is 77.6. The van der Waals surface area contributed by atoms with Crippen molar-refractivity contribution in [2.45, 2.75) is 11.1 Å². The van der Waals surface area contributed by atoms with Gasteiger partial charge in [-0.1, -0.05) is 29.8 Å². The summed E-state index contributed by atoms with van der Waals surface area (Å²) in [5, 5.41) is 2.11. The highest BCUT2D eigenvalue weighted by molar-refractivity contribution is 7.92. The molecule has 35 heavy (non-hydrogen) atoms. The number of anilines is 2. The van der Waals surface area contributed by atoms with Crippen LogP contribution in [0.15, 0.2) is 71.6 Å². The van der Waals surface area contributed by atoms with Gasteiger partial charge in [-0.3, -0.25) is 9.10 Å². The minimum atomic E-state index is -4.67. The van der Waals surface area contributed by atoms with Gasteiger partial charge in [-0.15, -0.1) is 0 Å². The van der Waals surface area contributed by atoms with Crippen LogP contribution in [0.1, 0.15) is 5.56 Å². The van der Waals surface area contributed by atoms with Gasteiger partial charge in [0.2, 0.25) is 5.91 Å². The SMILES string of the molecule is COc1ccc(OC)c(N(CC(=O)Nc2cc(C(F)(F)F)ccc2Cl)S(=O)(=O)c2ccccc2)c1. The molecule has 0 aromatic heterocycles. The molecule has 0 aliphatic rings. The zero-order chi connectivity index (χ0) is 25.8. The molecule has 0 spiro atoms. The van der Waals surface area contributed by atoms with E-state index in [1.807, 2.05) is 0 Å². The van der Waals surface area contributed by atoms with Gasteiger partial charge in [-0.25, -0.2) is 8.42 Å². The summed E-state index contributed by atoms with van der Waals surface area (Å²) in [6.45, 7) is -0.798. The molecule has 0 bridgehead atoms. The number of nitrogens with zero attached hydrogens (tertiary/aromatic N) is 1. The summed E-state index contributed by atoms with van der Waals surface area (Å²) in [5.74, 6) is -0.527. The van der Waals surface area contributed by atoms with Crippen LogP contribution in [0.4, 0.5) is 24.5 Å². The molecular weight excluding hydrogens is 509 g/mol. The van der Waals surface area contributed by atoms with E-state index in [-0.39, 0.29) is 32.8 Å². The number of carbonyl (C=O) groups is 1. The Morgan fingerprint density at radius 3 is 2.29 bits per heavy atom. The fourth-order valence-electron chi connectivity index (χ4n) is 3.13. The number of alkyl halides is 3. The number of rotatable bonds is 8. The number of hydrogen-bond acceptors (Lipinski definition) is 5. The van der Waals surface area contributed by atoms with Gasteiger partial charge in [0.15, 0.2) is 0 Å². The summed E-state index contributed by atoms with van der Waals surface area (Å²) in [7, 11) is -1.62. The second-order valence-corrected chi connectivity index (χ2v) is 9.37. The molecular formula is C23H20ClF3N2O5S. The molecule has 0 aliphatic carbocycles. The lowest BCUT2D eigenvalue weighted by Gasteiger charge is -2.26. The quantitative estimate of drug-likeness (QED) is 0.434. The van der Waals surface area contributed by atoms with E-state index >= 15 is 0 Å². The fraction of sp³-hybridized carbons (Fsp3) is 0.174. The number of carbonyl (C=O) groups excluding carboxylic acids is 1. The predicted octanol–water partition coefficient (Wildman–Crippen LogP) is 5.21. The van der Waals surface area contributed by atoms with Gasteiger partial charge in [0, 0.05) is 6.07 Å². The third kappa shape index (κ3) is 5.98. The van der Waals surface area contributed by atoms with E-state index in [2.05, 4.69) is 5.32 Å². The van der Waals surface area contributed by atoms with Gasteiger partial charge in [0.05, 0.1) is 41.1 Å². The van der Waals surface area contributed by atoms with E-state index < -0.39 is 34.2 Å². The molecule has 3 aromatic rings. The molecule has 3 rings (SSSR count). The Kier molecular flexibility index (Phi) is 7.81. The van der Waals surface area contributed by atoms with Gasteiger partial charge in [-0.05, 0) is 42.5 Å². The summed E-state index contributed by atoms with van der Waals surface area (Å²) in [6, 6.07) is 14.1. The largest absolute Gasteiger partial charge is 0.497 e. The highest BCUT2D eigenvalue weighted by Gasteiger charge is 2.32. The van der Waals surface area contributed by atoms with Crippen LogP contribution >= 0.6 is 11.6 Å². The molecule has 0 fully saturated rings. The standard InChI is InChI=1S/C23H20ClF3N2O5S/c1-33-16-9-11-21(34-2)20(13-16)29(35(31,32)17-6-4-3-5-7-17)14-22(30)28-19-12-15(23(25,26)27)8-10-18(19)24/h3-13H,14H2,1-2H3,(H,28,30). The number of methoxy groups -OCH3 is 2. The molecule has 186 valence electrons. The van der Waals surface area contributed by atoms with Crippen LogP contribution in [0.25, 0.3) is 0 Å². The van der Waals surface area contributed by atoms with E-state index in [0.29, 0.717) is 6.07 Å². The predicted molar refractivity (Wildman–Crippen MR) is 126 cm³/mol. The Bertz CT molecular complexity index is 1320. The highest BCUT2D eigenvalue weighted by Crippen LogP contribution is 2.36. The number of ether oxygens (including phenoxy) is 2. The number of sulfonamides is 1. The molecule has 0 atom stereocenters. The van der Waals surface area contributed by atoms with Crippen LogP contribution in [0.3, 0.4) is 0 Å². The molecule has 0 saturated heterocycles. The molecule has 0 saturated carbocycles. The molecule has 1 amide bonds. The minimum absolute atomic E-state index is 0.0130. The van der Waals surface area contributed by atoms with Crippen molar-refractivity contribution in [2.24, 2.45) is 0 Å². The van der Waals surface area contributed by atoms with Crippen LogP contribution in [0, 0.1) is 0 Å². The molecule has 7 nitrogen and oxygen atoms in total. The van der Waals surface area contributed by atoms with Gasteiger partial charge < -0.3 is 14.8 Å². The van der Waals surface area contributed by atoms with Gasteiger partial charge in [-0.2, -0.15) is 13.2 Å². The fourth-order valence-corrected chi connectivity index (χ4v) is 4.74. The van der Waals surface area contributed by atoms with Crippen molar-refractivity contribution >= 4 is 38.9 Å². The van der Waals surface area contributed by atoms with Gasteiger partial charge >= 0.3 is 6.18 Å².